The van der Waals surface area contributed by atoms with Gasteiger partial charge in [0.15, 0.2) is 0 Å². The van der Waals surface area contributed by atoms with E-state index in [1.807, 2.05) is 18.2 Å². The van der Waals surface area contributed by atoms with Crippen molar-refractivity contribution in [3.63, 3.8) is 0 Å². The summed E-state index contributed by atoms with van der Waals surface area (Å²) in [6.07, 6.45) is 8.36. The van der Waals surface area contributed by atoms with Crippen molar-refractivity contribution in [1.29, 1.82) is 0 Å². The fourth-order valence-corrected chi connectivity index (χ4v) is 4.86. The molecule has 0 bridgehead atoms. The van der Waals surface area contributed by atoms with Gasteiger partial charge >= 0.3 is 30.8 Å². The zero-order chi connectivity index (χ0) is 25.2. The average Bonchev–Trinajstić information content (AvgIpc) is 2.84. The zero-order valence-corrected chi connectivity index (χ0v) is 23.1. The second-order valence-electron chi connectivity index (χ2n) is 9.86. The summed E-state index contributed by atoms with van der Waals surface area (Å²) in [5.74, 6) is 0.174. The Balaban J connectivity index is 0.000000669. The van der Waals surface area contributed by atoms with Crippen LogP contribution in [0.2, 0.25) is 0 Å². The van der Waals surface area contributed by atoms with E-state index in [0.717, 1.165) is 62.2 Å². The van der Waals surface area contributed by atoms with E-state index in [2.05, 4.69) is 38.4 Å². The molecule has 2 aliphatic rings. The number of esters is 1. The molecule has 2 aromatic rings. The number of pyridine rings is 2. The SMILES string of the molecule is COC(=O)c1cc(CN2CCC[C@@H](C)C2)ccn1.C[C@@H]1CCCN(Cc2ccnc(C(=O)O)c2)C1.O.[Li+].[OH-]. The molecule has 10 nitrogen and oxygen atoms in total. The molecule has 0 spiro atoms. The molecule has 206 valence electrons. The van der Waals surface area contributed by atoms with Gasteiger partial charge in [-0.1, -0.05) is 13.8 Å². The van der Waals surface area contributed by atoms with E-state index in [9.17, 15) is 9.59 Å². The molecule has 2 saturated heterocycles. The monoisotopic (exact) mass is 524 g/mol. The summed E-state index contributed by atoms with van der Waals surface area (Å²) in [6.45, 7) is 10.7. The van der Waals surface area contributed by atoms with Crippen molar-refractivity contribution in [1.82, 2.24) is 19.8 Å². The number of nitrogens with zero attached hydrogens (tertiary/aromatic N) is 4. The first kappa shape index (κ1) is 35.7. The van der Waals surface area contributed by atoms with Crippen LogP contribution >= 0.6 is 0 Å². The van der Waals surface area contributed by atoms with E-state index in [1.54, 1.807) is 18.5 Å². The number of piperidine rings is 2. The fourth-order valence-electron chi connectivity index (χ4n) is 4.86. The first-order chi connectivity index (χ1) is 16.8. The van der Waals surface area contributed by atoms with Crippen LogP contribution in [0.15, 0.2) is 36.7 Å². The summed E-state index contributed by atoms with van der Waals surface area (Å²) in [6, 6.07) is 7.35. The molecule has 11 heteroatoms. The average molecular weight is 525 g/mol. The number of methoxy groups -OCH3 is 1. The summed E-state index contributed by atoms with van der Waals surface area (Å²) >= 11 is 0. The smallest absolute Gasteiger partial charge is 0.870 e. The Labute approximate surface area is 237 Å². The van der Waals surface area contributed by atoms with E-state index in [-0.39, 0.29) is 41.5 Å². The van der Waals surface area contributed by atoms with Gasteiger partial charge in [-0.3, -0.25) is 9.80 Å². The van der Waals surface area contributed by atoms with Crippen LogP contribution in [0.5, 0.6) is 0 Å². The minimum Gasteiger partial charge on any atom is -0.870 e. The van der Waals surface area contributed by atoms with Crippen LogP contribution in [0.25, 0.3) is 0 Å². The van der Waals surface area contributed by atoms with Crippen molar-refractivity contribution >= 4 is 11.9 Å². The van der Waals surface area contributed by atoms with Crippen LogP contribution in [0.4, 0.5) is 0 Å². The second-order valence-corrected chi connectivity index (χ2v) is 9.86. The van der Waals surface area contributed by atoms with Crippen molar-refractivity contribution in [2.75, 3.05) is 33.3 Å². The molecule has 0 aliphatic carbocycles. The molecule has 2 atom stereocenters. The number of likely N-dealkylation sites (tertiary alicyclic amines) is 2. The zero-order valence-electron chi connectivity index (χ0n) is 23.1. The van der Waals surface area contributed by atoms with E-state index < -0.39 is 5.97 Å². The number of rotatable bonds is 6. The molecular formula is C27H41LiN4O6. The summed E-state index contributed by atoms with van der Waals surface area (Å²) in [5, 5.41) is 8.88. The largest absolute Gasteiger partial charge is 1.00 e. The van der Waals surface area contributed by atoms with Crippen LogP contribution in [-0.4, -0.2) is 81.1 Å². The summed E-state index contributed by atoms with van der Waals surface area (Å²) in [4.78, 5) is 34.9. The number of hydrogen-bond acceptors (Lipinski definition) is 8. The maximum Gasteiger partial charge on any atom is 1.00 e. The van der Waals surface area contributed by atoms with Gasteiger partial charge in [-0.15, -0.1) is 0 Å². The van der Waals surface area contributed by atoms with Crippen LogP contribution < -0.4 is 18.9 Å². The molecule has 0 amide bonds. The van der Waals surface area contributed by atoms with Crippen molar-refractivity contribution in [3.05, 3.63) is 59.2 Å². The molecule has 2 aliphatic heterocycles. The summed E-state index contributed by atoms with van der Waals surface area (Å²) < 4.78 is 4.68. The molecule has 2 fully saturated rings. The molecule has 0 radical (unpaired) electrons. The van der Waals surface area contributed by atoms with Gasteiger partial charge in [-0.05, 0) is 86.0 Å². The Kier molecular flexibility index (Phi) is 16.9. The van der Waals surface area contributed by atoms with E-state index in [0.29, 0.717) is 5.69 Å². The Morgan fingerprint density at radius 3 is 1.79 bits per heavy atom. The first-order valence-electron chi connectivity index (χ1n) is 12.5. The van der Waals surface area contributed by atoms with E-state index in [1.165, 1.54) is 32.8 Å². The number of carbonyl (C=O) groups is 2. The van der Waals surface area contributed by atoms with Crippen LogP contribution in [0.3, 0.4) is 0 Å². The third-order valence-corrected chi connectivity index (χ3v) is 6.56. The second kappa shape index (κ2) is 18.1. The van der Waals surface area contributed by atoms with Crippen molar-refractivity contribution in [3.8, 4) is 0 Å². The molecule has 4 rings (SSSR count). The predicted octanol–water partition coefficient (Wildman–Crippen LogP) is 0.114. The third-order valence-electron chi connectivity index (χ3n) is 6.56. The van der Waals surface area contributed by atoms with Gasteiger partial charge < -0.3 is 20.8 Å². The molecule has 2 aromatic heterocycles. The number of carboxylic acid groups (broad SMARTS) is 1. The van der Waals surface area contributed by atoms with Crippen LogP contribution in [-0.2, 0) is 17.8 Å². The van der Waals surface area contributed by atoms with Crippen molar-refractivity contribution in [2.45, 2.75) is 52.6 Å². The number of aromatic carboxylic acids is 1. The van der Waals surface area contributed by atoms with E-state index >= 15 is 0 Å². The van der Waals surface area contributed by atoms with Gasteiger partial charge in [-0.2, -0.15) is 0 Å². The quantitative estimate of drug-likeness (QED) is 0.409. The summed E-state index contributed by atoms with van der Waals surface area (Å²) in [7, 11) is 1.38. The van der Waals surface area contributed by atoms with E-state index in [4.69, 9.17) is 5.11 Å². The molecule has 38 heavy (non-hydrogen) atoms. The molecular weight excluding hydrogens is 483 g/mol. The third kappa shape index (κ3) is 11.6. The van der Waals surface area contributed by atoms with Crippen molar-refractivity contribution < 1.29 is 49.2 Å². The number of carbonyl (C=O) groups excluding carboxylic acids is 1. The number of carboxylic acids is 1. The number of hydrogen-bond donors (Lipinski definition) is 1. The summed E-state index contributed by atoms with van der Waals surface area (Å²) in [5.41, 5.74) is 2.68. The Morgan fingerprint density at radius 2 is 1.37 bits per heavy atom. The normalized spacial score (nSPS) is 19.3. The topological polar surface area (TPSA) is 157 Å². The minimum absolute atomic E-state index is 0. The maximum absolute atomic E-state index is 11.4. The molecule has 0 aromatic carbocycles. The van der Waals surface area contributed by atoms with Gasteiger partial charge in [0.25, 0.3) is 0 Å². The van der Waals surface area contributed by atoms with Gasteiger partial charge in [0.1, 0.15) is 11.4 Å². The first-order valence-corrected chi connectivity index (χ1v) is 12.5. The van der Waals surface area contributed by atoms with Gasteiger partial charge in [0, 0.05) is 38.6 Å². The van der Waals surface area contributed by atoms with Crippen molar-refractivity contribution in [2.24, 2.45) is 11.8 Å². The standard InChI is InChI=1S/C14H20N2O2.C13H18N2O2.Li.2H2O/c1-11-4-3-7-16(9-11)10-12-5-6-15-13(8-12)14(17)18-2;1-10-3-2-6-15(8-10)9-11-4-5-14-12(7-11)13(16)17;;;/h5-6,8,11H,3-4,7,9-10H2,1-2H3;4-5,7,10H,2-3,6,8-9H2,1H3,(H,16,17);;2*1H2/q;;+1;;/p-1/t11-;10-;;;/m11.../s1. The predicted molar refractivity (Wildman–Crippen MR) is 140 cm³/mol. The Hall–Kier alpha value is -2.32. The minimum atomic E-state index is -0.959. The van der Waals surface area contributed by atoms with Crippen LogP contribution in [0, 0.1) is 11.8 Å². The number of aromatic nitrogens is 2. The maximum atomic E-state index is 11.4. The van der Waals surface area contributed by atoms with Crippen LogP contribution in [0.1, 0.15) is 71.6 Å². The molecule has 4 N–H and O–H groups in total. The molecule has 0 unspecified atom stereocenters. The van der Waals surface area contributed by atoms with Gasteiger partial charge in [0.05, 0.1) is 7.11 Å². The number of ether oxygens (including phenoxy) is 1. The van der Waals surface area contributed by atoms with Gasteiger partial charge in [-0.25, -0.2) is 19.6 Å². The Morgan fingerprint density at radius 1 is 0.921 bits per heavy atom. The van der Waals surface area contributed by atoms with Gasteiger partial charge in [0.2, 0.25) is 0 Å². The molecule has 0 saturated carbocycles. The molecule has 4 heterocycles. The fraction of sp³-hybridized carbons (Fsp3) is 0.556. The Bertz CT molecular complexity index is 996.